The Morgan fingerprint density at radius 2 is 1.64 bits per heavy atom. The third-order valence-corrected chi connectivity index (χ3v) is 2.91. The summed E-state index contributed by atoms with van der Waals surface area (Å²) in [6, 6.07) is 0. The van der Waals surface area contributed by atoms with Crippen molar-refractivity contribution in [3.8, 4) is 0 Å². The molecule has 3 nitrogen and oxygen atoms in total. The van der Waals surface area contributed by atoms with Crippen molar-refractivity contribution in [3.63, 3.8) is 0 Å². The van der Waals surface area contributed by atoms with Gasteiger partial charge in [0.1, 0.15) is 0 Å². The molecule has 0 unspecified atom stereocenters. The van der Waals surface area contributed by atoms with E-state index in [1.54, 1.807) is 21.3 Å². The van der Waals surface area contributed by atoms with Crippen molar-refractivity contribution in [2.75, 3.05) is 32.8 Å². The lowest BCUT2D eigenvalue weighted by molar-refractivity contribution is -0.284. The van der Waals surface area contributed by atoms with Gasteiger partial charge in [-0.1, -0.05) is 11.8 Å². The van der Waals surface area contributed by atoms with Gasteiger partial charge in [-0.2, -0.15) is 12.6 Å². The molecular formula is C6H14O3S2. The van der Waals surface area contributed by atoms with Crippen LogP contribution in [0.3, 0.4) is 0 Å². The van der Waals surface area contributed by atoms with E-state index in [-0.39, 0.29) is 0 Å². The first kappa shape index (κ1) is 11.6. The molecule has 0 bridgehead atoms. The second-order valence-electron chi connectivity index (χ2n) is 1.68. The lowest BCUT2D eigenvalue weighted by atomic mass is 11.0. The predicted molar refractivity (Wildman–Crippen MR) is 50.1 cm³/mol. The molecular weight excluding hydrogens is 184 g/mol. The molecule has 68 valence electrons. The molecule has 0 N–H and O–H groups in total. The summed E-state index contributed by atoms with van der Waals surface area (Å²) >= 11 is 5.49. The number of hydrogen-bond acceptors (Lipinski definition) is 5. The van der Waals surface area contributed by atoms with Crippen molar-refractivity contribution < 1.29 is 14.2 Å². The first-order chi connectivity index (χ1) is 5.24. The summed E-state index contributed by atoms with van der Waals surface area (Å²) in [4.78, 5) is 0. The Bertz CT molecular complexity index is 87.6. The molecule has 0 aromatic heterocycles. The van der Waals surface area contributed by atoms with Crippen molar-refractivity contribution in [2.45, 2.75) is 5.31 Å². The molecule has 5 heteroatoms. The van der Waals surface area contributed by atoms with Crippen LogP contribution in [0.5, 0.6) is 0 Å². The maximum Gasteiger partial charge on any atom is 0.336 e. The second-order valence-corrected chi connectivity index (χ2v) is 3.33. The quantitative estimate of drug-likeness (QED) is 0.513. The molecule has 0 rings (SSSR count). The van der Waals surface area contributed by atoms with E-state index in [0.717, 1.165) is 11.5 Å². The molecule has 0 aromatic rings. The number of thioether (sulfide) groups is 1. The highest BCUT2D eigenvalue weighted by molar-refractivity contribution is 8.00. The first-order valence-corrected chi connectivity index (χ1v) is 4.76. The molecule has 0 aromatic carbocycles. The van der Waals surface area contributed by atoms with Crippen molar-refractivity contribution in [3.05, 3.63) is 0 Å². The summed E-state index contributed by atoms with van der Waals surface area (Å²) in [6.07, 6.45) is 0. The SMILES string of the molecule is COC(OC)(OC)SCCS. The maximum absolute atomic E-state index is 5.02. The van der Waals surface area contributed by atoms with Gasteiger partial charge >= 0.3 is 5.31 Å². The lowest BCUT2D eigenvalue weighted by Crippen LogP contribution is -2.32. The zero-order chi connectivity index (χ0) is 8.74. The van der Waals surface area contributed by atoms with Gasteiger partial charge in [0.25, 0.3) is 0 Å². The van der Waals surface area contributed by atoms with Gasteiger partial charge in [-0.15, -0.1) is 0 Å². The Balaban J connectivity index is 3.84. The van der Waals surface area contributed by atoms with Gasteiger partial charge in [0, 0.05) is 27.1 Å². The van der Waals surface area contributed by atoms with Crippen LogP contribution in [0.25, 0.3) is 0 Å². The Morgan fingerprint density at radius 1 is 1.18 bits per heavy atom. The van der Waals surface area contributed by atoms with Gasteiger partial charge in [0.2, 0.25) is 0 Å². The number of thiol groups is 1. The molecule has 0 spiro atoms. The number of hydrogen-bond donors (Lipinski definition) is 1. The van der Waals surface area contributed by atoms with E-state index in [2.05, 4.69) is 12.6 Å². The summed E-state index contributed by atoms with van der Waals surface area (Å²) in [5, 5.41) is -0.956. The van der Waals surface area contributed by atoms with Crippen LogP contribution in [0, 0.1) is 0 Å². The van der Waals surface area contributed by atoms with Crippen LogP contribution in [0.4, 0.5) is 0 Å². The molecule has 0 saturated heterocycles. The van der Waals surface area contributed by atoms with Gasteiger partial charge in [0.05, 0.1) is 0 Å². The van der Waals surface area contributed by atoms with Crippen LogP contribution < -0.4 is 0 Å². The van der Waals surface area contributed by atoms with Gasteiger partial charge in [-0.25, -0.2) is 0 Å². The highest BCUT2D eigenvalue weighted by Crippen LogP contribution is 2.27. The fourth-order valence-electron chi connectivity index (χ4n) is 0.597. The fraction of sp³-hybridized carbons (Fsp3) is 1.00. The van der Waals surface area contributed by atoms with E-state index >= 15 is 0 Å². The summed E-state index contributed by atoms with van der Waals surface area (Å²) < 4.78 is 15.1. The minimum Gasteiger partial charge on any atom is -0.322 e. The monoisotopic (exact) mass is 198 g/mol. The van der Waals surface area contributed by atoms with Crippen molar-refractivity contribution in [2.24, 2.45) is 0 Å². The predicted octanol–water partition coefficient (Wildman–Crippen LogP) is 1.20. The van der Waals surface area contributed by atoms with Crippen molar-refractivity contribution in [1.82, 2.24) is 0 Å². The largest absolute Gasteiger partial charge is 0.336 e. The Morgan fingerprint density at radius 3 is 1.91 bits per heavy atom. The molecule has 0 amide bonds. The summed E-state index contributed by atoms with van der Waals surface area (Å²) in [7, 11) is 4.62. The minimum atomic E-state index is -0.956. The van der Waals surface area contributed by atoms with Gasteiger partial charge in [-0.05, 0) is 5.75 Å². The molecule has 0 aliphatic carbocycles. The van der Waals surface area contributed by atoms with E-state index in [1.165, 1.54) is 11.8 Å². The lowest BCUT2D eigenvalue weighted by Gasteiger charge is -2.27. The second kappa shape index (κ2) is 6.14. The molecule has 0 heterocycles. The number of rotatable bonds is 6. The standard InChI is InChI=1S/C6H14O3S2/c1-7-6(8-2,9-3)11-5-4-10/h10H,4-5H2,1-3H3. The van der Waals surface area contributed by atoms with E-state index < -0.39 is 5.31 Å². The van der Waals surface area contributed by atoms with Crippen molar-refractivity contribution in [1.29, 1.82) is 0 Å². The van der Waals surface area contributed by atoms with Crippen molar-refractivity contribution >= 4 is 24.4 Å². The van der Waals surface area contributed by atoms with Gasteiger partial charge in [-0.3, -0.25) is 0 Å². The number of methoxy groups -OCH3 is 3. The van der Waals surface area contributed by atoms with Gasteiger partial charge < -0.3 is 14.2 Å². The van der Waals surface area contributed by atoms with E-state index in [4.69, 9.17) is 14.2 Å². The molecule has 0 saturated carbocycles. The molecule has 0 radical (unpaired) electrons. The third-order valence-electron chi connectivity index (χ3n) is 1.12. The molecule has 0 aliphatic rings. The summed E-state index contributed by atoms with van der Waals surface area (Å²) in [5.41, 5.74) is 0. The zero-order valence-electron chi connectivity index (χ0n) is 6.99. The Hall–Kier alpha value is 0.580. The van der Waals surface area contributed by atoms with Crippen LogP contribution >= 0.6 is 24.4 Å². The summed E-state index contributed by atoms with van der Waals surface area (Å²) in [5.74, 6) is 1.58. The topological polar surface area (TPSA) is 27.7 Å². The average Bonchev–Trinajstić information content (AvgIpc) is 2.08. The molecule has 0 atom stereocenters. The smallest absolute Gasteiger partial charge is 0.322 e. The highest BCUT2D eigenvalue weighted by Gasteiger charge is 2.29. The number of ether oxygens (including phenoxy) is 3. The maximum atomic E-state index is 5.02. The van der Waals surface area contributed by atoms with E-state index in [0.29, 0.717) is 0 Å². The summed E-state index contributed by atoms with van der Waals surface area (Å²) in [6.45, 7) is 0. The van der Waals surface area contributed by atoms with Crippen LogP contribution in [0.1, 0.15) is 0 Å². The van der Waals surface area contributed by atoms with Crippen LogP contribution in [0.15, 0.2) is 0 Å². The normalized spacial score (nSPS) is 12.0. The van der Waals surface area contributed by atoms with Crippen LogP contribution in [0.2, 0.25) is 0 Å². The molecule has 0 fully saturated rings. The molecule has 0 aliphatic heterocycles. The van der Waals surface area contributed by atoms with E-state index in [1.807, 2.05) is 0 Å². The van der Waals surface area contributed by atoms with Crippen LogP contribution in [-0.2, 0) is 14.2 Å². The van der Waals surface area contributed by atoms with E-state index in [9.17, 15) is 0 Å². The minimum absolute atomic E-state index is 0.766. The Kier molecular flexibility index (Phi) is 6.46. The highest BCUT2D eigenvalue weighted by atomic mass is 32.2. The van der Waals surface area contributed by atoms with Gasteiger partial charge in [0.15, 0.2) is 0 Å². The third kappa shape index (κ3) is 3.66. The first-order valence-electron chi connectivity index (χ1n) is 3.15. The fourth-order valence-corrected chi connectivity index (χ4v) is 1.57. The molecule has 11 heavy (non-hydrogen) atoms. The average molecular weight is 198 g/mol. The van der Waals surface area contributed by atoms with Crippen LogP contribution in [-0.4, -0.2) is 38.1 Å². The zero-order valence-corrected chi connectivity index (χ0v) is 8.71. The Labute approximate surface area is 77.2 Å².